The molecule has 7 rings (SSSR count). The second-order valence-corrected chi connectivity index (χ2v) is 11.0. The van der Waals surface area contributed by atoms with Gasteiger partial charge in [-0.15, -0.1) is 0 Å². The quantitative estimate of drug-likeness (QED) is 0.313. The van der Waals surface area contributed by atoms with Crippen LogP contribution in [-0.4, -0.2) is 11.8 Å². The van der Waals surface area contributed by atoms with Crippen molar-refractivity contribution in [2.24, 2.45) is 11.8 Å². The second kappa shape index (κ2) is 6.39. The van der Waals surface area contributed by atoms with E-state index in [1.807, 2.05) is 55.5 Å². The molecule has 3 nitrogen and oxygen atoms in total. The molecule has 5 heteroatoms. The SMILES string of the molecule is CCc1ccccc1N1C(=O)[C@H]2[C@H](C1=O)C1(Br)c3ccccc3C2(Br)c2ccccc21. The molecule has 0 spiro atoms. The molecule has 1 heterocycles. The normalized spacial score (nSPS) is 30.2. The van der Waals surface area contributed by atoms with Crippen LogP contribution in [0.5, 0.6) is 0 Å². The van der Waals surface area contributed by atoms with E-state index in [0.717, 1.165) is 34.2 Å². The van der Waals surface area contributed by atoms with Crippen LogP contribution in [0.15, 0.2) is 72.8 Å². The van der Waals surface area contributed by atoms with Crippen LogP contribution in [0.25, 0.3) is 0 Å². The van der Waals surface area contributed by atoms with Crippen molar-refractivity contribution in [3.05, 3.63) is 101 Å². The smallest absolute Gasteiger partial charge is 0.239 e. The summed E-state index contributed by atoms with van der Waals surface area (Å²) in [4.78, 5) is 29.5. The van der Waals surface area contributed by atoms with Crippen LogP contribution in [0.3, 0.4) is 0 Å². The topological polar surface area (TPSA) is 37.4 Å². The Morgan fingerprint density at radius 1 is 0.710 bits per heavy atom. The number of halogens is 2. The molecule has 0 aromatic heterocycles. The van der Waals surface area contributed by atoms with E-state index >= 15 is 0 Å². The van der Waals surface area contributed by atoms with E-state index in [1.54, 1.807) is 0 Å². The zero-order valence-electron chi connectivity index (χ0n) is 16.8. The molecule has 4 aliphatic rings. The summed E-state index contributed by atoms with van der Waals surface area (Å²) in [6.45, 7) is 2.05. The van der Waals surface area contributed by atoms with Gasteiger partial charge in [0.2, 0.25) is 11.8 Å². The van der Waals surface area contributed by atoms with Crippen LogP contribution in [0.4, 0.5) is 5.69 Å². The Morgan fingerprint density at radius 2 is 1.10 bits per heavy atom. The van der Waals surface area contributed by atoms with Crippen LogP contribution in [0.2, 0.25) is 0 Å². The Bertz CT molecular complexity index is 1160. The Morgan fingerprint density at radius 3 is 1.52 bits per heavy atom. The molecule has 0 radical (unpaired) electrons. The van der Waals surface area contributed by atoms with Crippen LogP contribution >= 0.6 is 31.9 Å². The summed E-state index contributed by atoms with van der Waals surface area (Å²) in [5.41, 5.74) is 5.92. The maximum absolute atomic E-state index is 14.0. The standard InChI is InChI=1S/C26H19Br2NO2/c1-2-15-9-3-8-14-20(15)29-23(30)21-22(24(29)31)26(28)17-11-5-4-10-16(17)25(21,27)18-12-6-7-13-19(18)26/h3-14,21-22H,2H2,1H3/t21-,22-,25?,26?/m1/s1. The molecule has 1 saturated heterocycles. The van der Waals surface area contributed by atoms with E-state index in [-0.39, 0.29) is 11.8 Å². The average molecular weight is 537 g/mol. The molecule has 31 heavy (non-hydrogen) atoms. The molecule has 3 aromatic carbocycles. The summed E-state index contributed by atoms with van der Waals surface area (Å²) in [7, 11) is 0. The van der Waals surface area contributed by atoms with E-state index in [2.05, 4.69) is 56.1 Å². The first-order valence-corrected chi connectivity index (χ1v) is 12.1. The van der Waals surface area contributed by atoms with Crippen LogP contribution in [-0.2, 0) is 24.7 Å². The van der Waals surface area contributed by atoms with Crippen molar-refractivity contribution in [1.29, 1.82) is 0 Å². The minimum atomic E-state index is -0.747. The lowest BCUT2D eigenvalue weighted by molar-refractivity contribution is -0.122. The van der Waals surface area contributed by atoms with Gasteiger partial charge in [-0.05, 0) is 40.3 Å². The first-order valence-electron chi connectivity index (χ1n) is 10.5. The highest BCUT2D eigenvalue weighted by atomic mass is 79.9. The molecule has 2 bridgehead atoms. The third-order valence-electron chi connectivity index (χ3n) is 7.20. The zero-order chi connectivity index (χ0) is 21.5. The van der Waals surface area contributed by atoms with Gasteiger partial charge in [-0.3, -0.25) is 9.59 Å². The monoisotopic (exact) mass is 535 g/mol. The van der Waals surface area contributed by atoms with Crippen molar-refractivity contribution in [1.82, 2.24) is 0 Å². The zero-order valence-corrected chi connectivity index (χ0v) is 20.0. The number of alkyl halides is 2. The van der Waals surface area contributed by atoms with Crippen molar-refractivity contribution in [2.45, 2.75) is 22.0 Å². The fourth-order valence-electron chi connectivity index (χ4n) is 5.93. The van der Waals surface area contributed by atoms with Gasteiger partial charge in [0.05, 0.1) is 26.2 Å². The van der Waals surface area contributed by atoms with Gasteiger partial charge in [-0.1, -0.05) is 106 Å². The van der Waals surface area contributed by atoms with Gasteiger partial charge >= 0.3 is 0 Å². The number of carbonyl (C=O) groups is 2. The van der Waals surface area contributed by atoms with Gasteiger partial charge in [-0.25, -0.2) is 4.90 Å². The fourth-order valence-corrected chi connectivity index (χ4v) is 8.24. The third kappa shape index (κ3) is 2.14. The molecule has 2 atom stereocenters. The number of aryl methyl sites for hydroxylation is 1. The molecular formula is C26H19Br2NO2. The molecule has 0 N–H and O–H groups in total. The Balaban J connectivity index is 1.66. The Hall–Kier alpha value is -2.24. The van der Waals surface area contributed by atoms with Crippen molar-refractivity contribution in [3.8, 4) is 0 Å². The summed E-state index contributed by atoms with van der Waals surface area (Å²) in [6, 6.07) is 24.0. The maximum atomic E-state index is 14.0. The van der Waals surface area contributed by atoms with Crippen LogP contribution in [0, 0.1) is 11.8 Å². The molecule has 3 aliphatic carbocycles. The summed E-state index contributed by atoms with van der Waals surface area (Å²) >= 11 is 8.09. The van der Waals surface area contributed by atoms with Crippen LogP contribution in [0.1, 0.15) is 34.7 Å². The Labute approximate surface area is 197 Å². The summed E-state index contributed by atoms with van der Waals surface area (Å²) in [5.74, 6) is -1.34. The van der Waals surface area contributed by atoms with Gasteiger partial charge in [0.25, 0.3) is 0 Å². The van der Waals surface area contributed by atoms with Gasteiger partial charge in [0, 0.05) is 0 Å². The Kier molecular flexibility index (Phi) is 4.01. The fraction of sp³-hybridized carbons (Fsp3) is 0.231. The first kappa shape index (κ1) is 19.4. The number of anilines is 1. The number of carbonyl (C=O) groups excluding carboxylic acids is 2. The number of hydrogen-bond acceptors (Lipinski definition) is 2. The van der Waals surface area contributed by atoms with Gasteiger partial charge < -0.3 is 0 Å². The molecule has 3 aromatic rings. The molecule has 1 aliphatic heterocycles. The lowest BCUT2D eigenvalue weighted by Crippen LogP contribution is -2.56. The minimum absolute atomic E-state index is 0.138. The lowest BCUT2D eigenvalue weighted by Gasteiger charge is -2.55. The van der Waals surface area contributed by atoms with E-state index in [1.165, 1.54) is 4.90 Å². The number of benzene rings is 3. The summed E-state index contributed by atoms with van der Waals surface area (Å²) < 4.78 is -1.49. The second-order valence-electron chi connectivity index (χ2n) is 8.46. The van der Waals surface area contributed by atoms with E-state index < -0.39 is 20.5 Å². The molecule has 0 saturated carbocycles. The van der Waals surface area contributed by atoms with Crippen molar-refractivity contribution < 1.29 is 9.59 Å². The maximum Gasteiger partial charge on any atom is 0.239 e. The number of imide groups is 1. The van der Waals surface area contributed by atoms with Gasteiger partial charge in [-0.2, -0.15) is 0 Å². The molecule has 2 amide bonds. The molecule has 154 valence electrons. The number of rotatable bonds is 2. The molecule has 1 fully saturated rings. The number of amides is 2. The van der Waals surface area contributed by atoms with Gasteiger partial charge in [0.15, 0.2) is 0 Å². The molecule has 0 unspecified atom stereocenters. The van der Waals surface area contributed by atoms with Crippen molar-refractivity contribution in [3.63, 3.8) is 0 Å². The average Bonchev–Trinajstić information content (AvgIpc) is 3.08. The summed E-state index contributed by atoms with van der Waals surface area (Å²) in [5, 5.41) is 0. The number of nitrogens with zero attached hydrogens (tertiary/aromatic N) is 1. The number of hydrogen-bond donors (Lipinski definition) is 0. The van der Waals surface area contributed by atoms with E-state index in [4.69, 9.17) is 0 Å². The molecular weight excluding hydrogens is 518 g/mol. The van der Waals surface area contributed by atoms with Crippen molar-refractivity contribution in [2.75, 3.05) is 4.90 Å². The highest BCUT2D eigenvalue weighted by Crippen LogP contribution is 2.70. The minimum Gasteiger partial charge on any atom is -0.274 e. The van der Waals surface area contributed by atoms with E-state index in [0.29, 0.717) is 5.69 Å². The predicted molar refractivity (Wildman–Crippen MR) is 128 cm³/mol. The van der Waals surface area contributed by atoms with Gasteiger partial charge in [0.1, 0.15) is 0 Å². The van der Waals surface area contributed by atoms with Crippen LogP contribution < -0.4 is 4.90 Å². The highest BCUT2D eigenvalue weighted by Gasteiger charge is 2.72. The first-order chi connectivity index (χ1) is 15.0. The summed E-state index contributed by atoms with van der Waals surface area (Å²) in [6.07, 6.45) is 0.752. The predicted octanol–water partition coefficient (Wildman–Crippen LogP) is 5.66. The van der Waals surface area contributed by atoms with Crippen molar-refractivity contribution >= 4 is 49.4 Å². The number of para-hydroxylation sites is 1. The third-order valence-corrected chi connectivity index (χ3v) is 9.89. The van der Waals surface area contributed by atoms with E-state index in [9.17, 15) is 9.59 Å². The highest BCUT2D eigenvalue weighted by molar-refractivity contribution is 9.10. The lowest BCUT2D eigenvalue weighted by atomic mass is 9.54. The largest absolute Gasteiger partial charge is 0.274 e.